The zero-order valence-electron chi connectivity index (χ0n) is 7.70. The Morgan fingerprint density at radius 1 is 1.25 bits per heavy atom. The lowest BCUT2D eigenvalue weighted by atomic mass is 9.99. The number of allylic oxidation sites excluding steroid dienone is 6. The average Bonchev–Trinajstić information content (AvgIpc) is 2.31. The molecule has 1 atom stereocenters. The minimum atomic E-state index is 0.586. The molecule has 0 aromatic heterocycles. The van der Waals surface area contributed by atoms with Crippen LogP contribution < -0.4 is 0 Å². The average molecular weight is 161 g/mol. The molecule has 64 valence electrons. The molecule has 2 bridgehead atoms. The molecule has 0 saturated carbocycles. The van der Waals surface area contributed by atoms with Crippen LogP contribution in [0.25, 0.3) is 0 Å². The Morgan fingerprint density at radius 3 is 2.83 bits per heavy atom. The number of hydrogen-bond acceptors (Lipinski definition) is 1. The van der Waals surface area contributed by atoms with Gasteiger partial charge in [0.1, 0.15) is 0 Å². The molecule has 2 aliphatic rings. The first-order chi connectivity index (χ1) is 5.95. The maximum atomic E-state index is 4.24. The molecular formula is C11H15N. The highest BCUT2D eigenvalue weighted by atomic mass is 14.7. The summed E-state index contributed by atoms with van der Waals surface area (Å²) in [5.41, 5.74) is 1.19. The minimum Gasteiger partial charge on any atom is -0.261 e. The molecule has 1 heterocycles. The van der Waals surface area contributed by atoms with Crippen molar-refractivity contribution in [3.8, 4) is 0 Å². The third kappa shape index (κ3) is 2.19. The lowest BCUT2D eigenvalue weighted by Gasteiger charge is -2.08. The summed E-state index contributed by atoms with van der Waals surface area (Å²) in [7, 11) is 0. The lowest BCUT2D eigenvalue weighted by Crippen LogP contribution is -1.95. The van der Waals surface area contributed by atoms with Crippen molar-refractivity contribution in [3.63, 3.8) is 0 Å². The molecule has 0 amide bonds. The normalized spacial score (nSPS) is 23.8. The Hall–Kier alpha value is -1.11. The summed E-state index contributed by atoms with van der Waals surface area (Å²) >= 11 is 0. The lowest BCUT2D eigenvalue weighted by molar-refractivity contribution is 0.781. The van der Waals surface area contributed by atoms with E-state index in [0.717, 1.165) is 6.42 Å². The summed E-state index contributed by atoms with van der Waals surface area (Å²) < 4.78 is 0. The van der Waals surface area contributed by atoms with E-state index in [2.05, 4.69) is 29.3 Å². The standard InChI is InChI=1S/C9H9N.C2H6/c1-3-8-4-2-6-10-9(5-1)7-8;1-2/h1-6,8H,7H2;1-2H3. The monoisotopic (exact) mass is 161 g/mol. The van der Waals surface area contributed by atoms with E-state index in [1.807, 2.05) is 26.1 Å². The highest BCUT2D eigenvalue weighted by molar-refractivity contribution is 5.73. The van der Waals surface area contributed by atoms with E-state index in [4.69, 9.17) is 0 Å². The SMILES string of the molecule is C1=CC2C=CC=C(C2)N=C1.CC. The van der Waals surface area contributed by atoms with E-state index in [-0.39, 0.29) is 0 Å². The van der Waals surface area contributed by atoms with Crippen LogP contribution in [0.5, 0.6) is 0 Å². The van der Waals surface area contributed by atoms with Gasteiger partial charge in [-0.3, -0.25) is 4.99 Å². The Labute approximate surface area is 74.2 Å². The van der Waals surface area contributed by atoms with Gasteiger partial charge >= 0.3 is 0 Å². The Kier molecular flexibility index (Phi) is 3.52. The molecule has 0 aromatic carbocycles. The van der Waals surface area contributed by atoms with Crippen molar-refractivity contribution in [1.29, 1.82) is 0 Å². The van der Waals surface area contributed by atoms with Crippen LogP contribution in [0.3, 0.4) is 0 Å². The zero-order chi connectivity index (χ0) is 8.81. The van der Waals surface area contributed by atoms with E-state index < -0.39 is 0 Å². The first kappa shape index (κ1) is 8.98. The largest absolute Gasteiger partial charge is 0.261 e. The summed E-state index contributed by atoms with van der Waals surface area (Å²) in [4.78, 5) is 4.24. The predicted octanol–water partition coefficient (Wildman–Crippen LogP) is 3.11. The van der Waals surface area contributed by atoms with Gasteiger partial charge in [-0.15, -0.1) is 0 Å². The minimum absolute atomic E-state index is 0.586. The molecule has 1 heteroatoms. The fourth-order valence-electron chi connectivity index (χ4n) is 1.25. The van der Waals surface area contributed by atoms with Crippen molar-refractivity contribution in [2.24, 2.45) is 10.9 Å². The smallest absolute Gasteiger partial charge is 0.0412 e. The highest BCUT2D eigenvalue weighted by Gasteiger charge is 2.07. The molecule has 0 N–H and O–H groups in total. The van der Waals surface area contributed by atoms with Gasteiger partial charge in [0, 0.05) is 17.8 Å². The summed E-state index contributed by atoms with van der Waals surface area (Å²) in [6.45, 7) is 4.00. The van der Waals surface area contributed by atoms with Crippen LogP contribution in [0.1, 0.15) is 20.3 Å². The highest BCUT2D eigenvalue weighted by Crippen LogP contribution is 2.21. The van der Waals surface area contributed by atoms with Crippen LogP contribution in [-0.2, 0) is 0 Å². The van der Waals surface area contributed by atoms with Gasteiger partial charge in [0.05, 0.1) is 0 Å². The molecule has 1 unspecified atom stereocenters. The van der Waals surface area contributed by atoms with Gasteiger partial charge in [-0.2, -0.15) is 0 Å². The third-order valence-corrected chi connectivity index (χ3v) is 1.78. The number of rotatable bonds is 0. The third-order valence-electron chi connectivity index (χ3n) is 1.78. The van der Waals surface area contributed by atoms with Gasteiger partial charge < -0.3 is 0 Å². The van der Waals surface area contributed by atoms with E-state index in [9.17, 15) is 0 Å². The summed E-state index contributed by atoms with van der Waals surface area (Å²) in [5.74, 6) is 0.586. The van der Waals surface area contributed by atoms with Crippen molar-refractivity contribution in [3.05, 3.63) is 36.1 Å². The Bertz CT molecular complexity index is 236. The van der Waals surface area contributed by atoms with Gasteiger partial charge in [0.2, 0.25) is 0 Å². The molecule has 0 fully saturated rings. The molecule has 1 aliphatic carbocycles. The van der Waals surface area contributed by atoms with E-state index in [1.54, 1.807) is 0 Å². The van der Waals surface area contributed by atoms with Crippen LogP contribution in [-0.4, -0.2) is 6.21 Å². The van der Waals surface area contributed by atoms with Crippen LogP contribution in [0.4, 0.5) is 0 Å². The van der Waals surface area contributed by atoms with Crippen LogP contribution in [0.2, 0.25) is 0 Å². The van der Waals surface area contributed by atoms with Crippen LogP contribution >= 0.6 is 0 Å². The van der Waals surface area contributed by atoms with Crippen molar-refractivity contribution < 1.29 is 0 Å². The van der Waals surface area contributed by atoms with Gasteiger partial charge in [0.15, 0.2) is 0 Å². The number of hydrogen-bond donors (Lipinski definition) is 0. The van der Waals surface area contributed by atoms with Gasteiger partial charge in [-0.1, -0.05) is 32.1 Å². The second kappa shape index (κ2) is 4.70. The maximum absolute atomic E-state index is 4.24. The van der Waals surface area contributed by atoms with Crippen molar-refractivity contribution in [1.82, 2.24) is 0 Å². The number of aliphatic imine (C=N–C) groups is 1. The van der Waals surface area contributed by atoms with E-state index >= 15 is 0 Å². The summed E-state index contributed by atoms with van der Waals surface area (Å²) in [6.07, 6.45) is 13.5. The number of fused-ring (bicyclic) bond motifs is 2. The van der Waals surface area contributed by atoms with Gasteiger partial charge in [0.25, 0.3) is 0 Å². The molecular weight excluding hydrogens is 146 g/mol. The van der Waals surface area contributed by atoms with Crippen LogP contribution in [0.15, 0.2) is 41.1 Å². The van der Waals surface area contributed by atoms with Crippen molar-refractivity contribution in [2.75, 3.05) is 0 Å². The topological polar surface area (TPSA) is 12.4 Å². The second-order valence-electron chi connectivity index (χ2n) is 2.57. The first-order valence-corrected chi connectivity index (χ1v) is 4.53. The molecule has 2 rings (SSSR count). The Balaban J connectivity index is 0.000000336. The maximum Gasteiger partial charge on any atom is 0.0412 e. The van der Waals surface area contributed by atoms with Gasteiger partial charge in [-0.25, -0.2) is 0 Å². The molecule has 0 spiro atoms. The molecule has 0 aromatic rings. The zero-order valence-corrected chi connectivity index (χ0v) is 7.70. The fourth-order valence-corrected chi connectivity index (χ4v) is 1.25. The molecule has 1 nitrogen and oxygen atoms in total. The number of nitrogens with zero attached hydrogens (tertiary/aromatic N) is 1. The summed E-state index contributed by atoms with van der Waals surface area (Å²) in [5, 5.41) is 0. The second-order valence-corrected chi connectivity index (χ2v) is 2.57. The van der Waals surface area contributed by atoms with Crippen molar-refractivity contribution >= 4 is 6.21 Å². The first-order valence-electron chi connectivity index (χ1n) is 4.53. The quantitative estimate of drug-likeness (QED) is 0.517. The molecule has 1 aliphatic heterocycles. The molecule has 0 radical (unpaired) electrons. The van der Waals surface area contributed by atoms with Gasteiger partial charge in [-0.05, 0) is 18.6 Å². The molecule has 0 saturated heterocycles. The fraction of sp³-hybridized carbons (Fsp3) is 0.364. The summed E-state index contributed by atoms with van der Waals surface area (Å²) in [6, 6.07) is 0. The van der Waals surface area contributed by atoms with E-state index in [0.29, 0.717) is 5.92 Å². The Morgan fingerprint density at radius 2 is 2.00 bits per heavy atom. The predicted molar refractivity (Wildman–Crippen MR) is 54.3 cm³/mol. The van der Waals surface area contributed by atoms with Crippen LogP contribution in [0, 0.1) is 5.92 Å². The van der Waals surface area contributed by atoms with E-state index in [1.165, 1.54) is 5.70 Å². The molecule has 12 heavy (non-hydrogen) atoms. The van der Waals surface area contributed by atoms with Crippen molar-refractivity contribution in [2.45, 2.75) is 20.3 Å².